The van der Waals surface area contributed by atoms with Gasteiger partial charge in [-0.05, 0) is 18.9 Å². The smallest absolute Gasteiger partial charge is 0.232 e. The Labute approximate surface area is 119 Å². The summed E-state index contributed by atoms with van der Waals surface area (Å²) in [5, 5.41) is 13.3. The number of carbonyl (C=O) groups excluding carboxylic acids is 1. The van der Waals surface area contributed by atoms with Gasteiger partial charge in [-0.1, -0.05) is 20.8 Å². The minimum absolute atomic E-state index is 0.0297. The predicted octanol–water partition coefficient (Wildman–Crippen LogP) is 1.49. The van der Waals surface area contributed by atoms with Gasteiger partial charge in [0.05, 0.1) is 19.1 Å². The summed E-state index contributed by atoms with van der Waals surface area (Å²) in [6.07, 6.45) is 1.04. The normalized spacial score (nSPS) is 22.4. The van der Waals surface area contributed by atoms with Crippen LogP contribution in [0.4, 0.5) is 5.82 Å². The van der Waals surface area contributed by atoms with Crippen molar-refractivity contribution in [2.75, 3.05) is 25.1 Å². The van der Waals surface area contributed by atoms with Gasteiger partial charge < -0.3 is 15.4 Å². The average molecular weight is 280 g/mol. The molecule has 2 atom stereocenters. The van der Waals surface area contributed by atoms with Gasteiger partial charge in [-0.3, -0.25) is 9.89 Å². The van der Waals surface area contributed by atoms with Gasteiger partial charge in [0.15, 0.2) is 5.82 Å². The Hall–Kier alpha value is -1.40. The Morgan fingerprint density at radius 1 is 1.55 bits per heavy atom. The highest BCUT2D eigenvalue weighted by atomic mass is 16.5. The summed E-state index contributed by atoms with van der Waals surface area (Å²) in [5.41, 5.74) is 1.02. The van der Waals surface area contributed by atoms with Crippen molar-refractivity contribution in [3.63, 3.8) is 0 Å². The van der Waals surface area contributed by atoms with E-state index in [2.05, 4.69) is 41.6 Å². The molecule has 2 heterocycles. The number of carbonyl (C=O) groups is 1. The lowest BCUT2D eigenvalue weighted by Gasteiger charge is -2.17. The van der Waals surface area contributed by atoms with Crippen LogP contribution in [0.5, 0.6) is 0 Å². The first-order valence-corrected chi connectivity index (χ1v) is 7.29. The fourth-order valence-corrected chi connectivity index (χ4v) is 2.26. The number of amides is 1. The molecular formula is C14H24N4O2. The molecule has 0 radical (unpaired) electrons. The maximum atomic E-state index is 12.3. The second-order valence-electron chi connectivity index (χ2n) is 5.56. The van der Waals surface area contributed by atoms with Crippen LogP contribution in [0.1, 0.15) is 38.8 Å². The van der Waals surface area contributed by atoms with Gasteiger partial charge in [-0.25, -0.2) is 0 Å². The molecule has 0 aliphatic carbocycles. The fraction of sp³-hybridized carbons (Fsp3) is 0.714. The van der Waals surface area contributed by atoms with E-state index in [4.69, 9.17) is 4.74 Å². The number of aromatic amines is 1. The van der Waals surface area contributed by atoms with Crippen LogP contribution in [-0.2, 0) is 9.53 Å². The van der Waals surface area contributed by atoms with Crippen LogP contribution < -0.4 is 10.6 Å². The Kier molecular flexibility index (Phi) is 5.14. The van der Waals surface area contributed by atoms with Crippen molar-refractivity contribution >= 4 is 11.7 Å². The molecule has 1 fully saturated rings. The maximum Gasteiger partial charge on any atom is 0.232 e. The molecule has 0 spiro atoms. The van der Waals surface area contributed by atoms with E-state index in [9.17, 15) is 4.79 Å². The quantitative estimate of drug-likeness (QED) is 0.737. The third-order valence-corrected chi connectivity index (χ3v) is 3.54. The van der Waals surface area contributed by atoms with Crippen molar-refractivity contribution in [2.24, 2.45) is 5.92 Å². The second kappa shape index (κ2) is 6.85. The molecule has 0 saturated carbocycles. The molecule has 6 nitrogen and oxygen atoms in total. The van der Waals surface area contributed by atoms with Crippen molar-refractivity contribution in [2.45, 2.75) is 39.2 Å². The second-order valence-corrected chi connectivity index (χ2v) is 5.56. The lowest BCUT2D eigenvalue weighted by Crippen LogP contribution is -2.41. The minimum atomic E-state index is -0.152. The first kappa shape index (κ1) is 15.0. The SMILES string of the molecule is CCCNC1COCC1C(=O)Nc1cc(C(C)C)[nH]n1. The van der Waals surface area contributed by atoms with Gasteiger partial charge in [0.25, 0.3) is 0 Å². The predicted molar refractivity (Wildman–Crippen MR) is 77.7 cm³/mol. The molecule has 0 aromatic carbocycles. The number of nitrogens with zero attached hydrogens (tertiary/aromatic N) is 1. The van der Waals surface area contributed by atoms with E-state index in [0.29, 0.717) is 24.9 Å². The first-order valence-electron chi connectivity index (χ1n) is 7.29. The van der Waals surface area contributed by atoms with Crippen LogP contribution in [0, 0.1) is 5.92 Å². The molecular weight excluding hydrogens is 256 g/mol. The molecule has 2 rings (SSSR count). The Morgan fingerprint density at radius 2 is 2.35 bits per heavy atom. The first-order chi connectivity index (χ1) is 9.61. The number of hydrogen-bond donors (Lipinski definition) is 3. The highest BCUT2D eigenvalue weighted by molar-refractivity contribution is 5.92. The number of nitrogens with one attached hydrogen (secondary N) is 3. The van der Waals surface area contributed by atoms with Gasteiger partial charge >= 0.3 is 0 Å². The number of aromatic nitrogens is 2. The number of rotatable bonds is 6. The summed E-state index contributed by atoms with van der Waals surface area (Å²) in [4.78, 5) is 12.3. The standard InChI is InChI=1S/C14H24N4O2/c1-4-5-15-12-8-20-7-10(12)14(19)16-13-6-11(9(2)3)17-18-13/h6,9-10,12,15H,4-5,7-8H2,1-3H3,(H2,16,17,18,19). The van der Waals surface area contributed by atoms with E-state index >= 15 is 0 Å². The zero-order valence-corrected chi connectivity index (χ0v) is 12.4. The van der Waals surface area contributed by atoms with E-state index in [0.717, 1.165) is 18.7 Å². The van der Waals surface area contributed by atoms with Gasteiger partial charge in [-0.2, -0.15) is 5.10 Å². The number of hydrogen-bond acceptors (Lipinski definition) is 4. The highest BCUT2D eigenvalue weighted by Gasteiger charge is 2.33. The van der Waals surface area contributed by atoms with Crippen LogP contribution in [0.3, 0.4) is 0 Å². The number of anilines is 1. The van der Waals surface area contributed by atoms with Crippen molar-refractivity contribution in [3.8, 4) is 0 Å². The van der Waals surface area contributed by atoms with Gasteiger partial charge in [0.2, 0.25) is 5.91 Å². The maximum absolute atomic E-state index is 12.3. The molecule has 20 heavy (non-hydrogen) atoms. The summed E-state index contributed by atoms with van der Waals surface area (Å²) in [6, 6.07) is 1.98. The molecule has 1 aromatic rings. The zero-order valence-electron chi connectivity index (χ0n) is 12.4. The van der Waals surface area contributed by atoms with Crippen LogP contribution in [0.15, 0.2) is 6.07 Å². The lowest BCUT2D eigenvalue weighted by atomic mass is 10.0. The van der Waals surface area contributed by atoms with Crippen molar-refractivity contribution in [1.82, 2.24) is 15.5 Å². The summed E-state index contributed by atoms with van der Waals surface area (Å²) >= 11 is 0. The molecule has 0 bridgehead atoms. The molecule has 1 amide bonds. The largest absolute Gasteiger partial charge is 0.379 e. The van der Waals surface area contributed by atoms with Crippen LogP contribution in [0.2, 0.25) is 0 Å². The molecule has 2 unspecified atom stereocenters. The van der Waals surface area contributed by atoms with Crippen molar-refractivity contribution < 1.29 is 9.53 Å². The molecule has 1 aromatic heterocycles. The Bertz CT molecular complexity index is 444. The van der Waals surface area contributed by atoms with Crippen molar-refractivity contribution in [3.05, 3.63) is 11.8 Å². The lowest BCUT2D eigenvalue weighted by molar-refractivity contribution is -0.120. The molecule has 1 aliphatic heterocycles. The third kappa shape index (κ3) is 3.58. The molecule has 3 N–H and O–H groups in total. The summed E-state index contributed by atoms with van der Waals surface area (Å²) in [5.74, 6) is 0.764. The average Bonchev–Trinajstić information content (AvgIpc) is 3.04. The topological polar surface area (TPSA) is 79.0 Å². The fourth-order valence-electron chi connectivity index (χ4n) is 2.26. The number of ether oxygens (including phenoxy) is 1. The summed E-state index contributed by atoms with van der Waals surface area (Å²) in [7, 11) is 0. The van der Waals surface area contributed by atoms with E-state index in [-0.39, 0.29) is 17.9 Å². The van der Waals surface area contributed by atoms with Crippen LogP contribution in [0.25, 0.3) is 0 Å². The van der Waals surface area contributed by atoms with E-state index in [1.54, 1.807) is 0 Å². The van der Waals surface area contributed by atoms with E-state index < -0.39 is 0 Å². The zero-order chi connectivity index (χ0) is 14.5. The molecule has 1 saturated heterocycles. The van der Waals surface area contributed by atoms with Gasteiger partial charge in [-0.15, -0.1) is 0 Å². The third-order valence-electron chi connectivity index (χ3n) is 3.54. The molecule has 1 aliphatic rings. The van der Waals surface area contributed by atoms with Crippen LogP contribution in [-0.4, -0.2) is 41.9 Å². The van der Waals surface area contributed by atoms with E-state index in [1.807, 2.05) is 6.07 Å². The Morgan fingerprint density at radius 3 is 3.00 bits per heavy atom. The number of H-pyrrole nitrogens is 1. The monoisotopic (exact) mass is 280 g/mol. The van der Waals surface area contributed by atoms with Crippen molar-refractivity contribution in [1.29, 1.82) is 0 Å². The summed E-state index contributed by atoms with van der Waals surface area (Å²) < 4.78 is 5.42. The van der Waals surface area contributed by atoms with Gasteiger partial charge in [0.1, 0.15) is 0 Å². The van der Waals surface area contributed by atoms with E-state index in [1.165, 1.54) is 0 Å². The highest BCUT2D eigenvalue weighted by Crippen LogP contribution is 2.18. The van der Waals surface area contributed by atoms with Gasteiger partial charge in [0, 0.05) is 17.8 Å². The molecule has 112 valence electrons. The minimum Gasteiger partial charge on any atom is -0.379 e. The molecule has 6 heteroatoms. The summed E-state index contributed by atoms with van der Waals surface area (Å²) in [6.45, 7) is 8.22. The van der Waals surface area contributed by atoms with Crippen LogP contribution >= 0.6 is 0 Å². The Balaban J connectivity index is 1.92.